The molecule has 2 N–H and O–H groups in total. The second kappa shape index (κ2) is 6.15. The first kappa shape index (κ1) is 18.0. The van der Waals surface area contributed by atoms with E-state index in [0.29, 0.717) is 31.5 Å². The van der Waals surface area contributed by atoms with Crippen molar-refractivity contribution in [3.05, 3.63) is 12.3 Å². The Morgan fingerprint density at radius 3 is 2.76 bits per heavy atom. The molecule has 3 heterocycles. The van der Waals surface area contributed by atoms with Crippen molar-refractivity contribution in [3.8, 4) is 0 Å². The van der Waals surface area contributed by atoms with Gasteiger partial charge in [-0.1, -0.05) is 6.58 Å². The highest BCUT2D eigenvalue weighted by Gasteiger charge is 2.48. The molecule has 2 amide bonds. The van der Waals surface area contributed by atoms with Gasteiger partial charge in [-0.05, 0) is 26.2 Å². The minimum Gasteiger partial charge on any atom is -0.465 e. The molecule has 11 heteroatoms. The minimum atomic E-state index is -4.51. The molecule has 0 spiro atoms. The molecule has 3 saturated heterocycles. The smallest absolute Gasteiger partial charge is 0.421 e. The summed E-state index contributed by atoms with van der Waals surface area (Å²) in [6.07, 6.45) is 1.46. The number of fused-ring (bicyclic) bond motifs is 2. The second-order valence-corrected chi connectivity index (χ2v) is 7.98. The molecule has 3 aliphatic rings. The number of urea groups is 1. The quantitative estimate of drug-likeness (QED) is 0.636. The molecule has 3 aliphatic heterocycles. The number of rotatable bonds is 6. The predicted molar refractivity (Wildman–Crippen MR) is 83.7 cm³/mol. The first-order valence-corrected chi connectivity index (χ1v) is 9.26. The number of esters is 1. The maximum Gasteiger partial charge on any atom is 0.421 e. The Balaban J connectivity index is 1.64. The lowest BCUT2D eigenvalue weighted by Crippen LogP contribution is -2.42. The Morgan fingerprint density at radius 2 is 2.16 bits per heavy atom. The van der Waals surface area contributed by atoms with Crippen molar-refractivity contribution in [1.82, 2.24) is 9.96 Å². The first-order chi connectivity index (χ1) is 11.6. The number of nitrogens with zero attached hydrogens (tertiary/aromatic N) is 2. The molecule has 140 valence electrons. The lowest BCUT2D eigenvalue weighted by atomic mass is 9.91. The zero-order chi connectivity index (χ0) is 18.4. The molecule has 3 rings (SSSR count). The van der Waals surface area contributed by atoms with Gasteiger partial charge in [0.2, 0.25) is 0 Å². The average molecular weight is 375 g/mol. The summed E-state index contributed by atoms with van der Waals surface area (Å²) < 4.78 is 38.7. The molecular formula is C14H21N3O7S. The SMILES string of the molecule is C=C(N)[C@@H]1CC[C@@H]2CN1C(=O)N2OS(=O)(=O)OCC1(C)CCOC1=O. The molecule has 0 radical (unpaired) electrons. The van der Waals surface area contributed by atoms with Gasteiger partial charge in [0, 0.05) is 12.2 Å². The van der Waals surface area contributed by atoms with Crippen LogP contribution in [0.3, 0.4) is 0 Å². The van der Waals surface area contributed by atoms with Crippen LogP contribution < -0.4 is 5.73 Å². The number of ether oxygens (including phenoxy) is 1. The number of cyclic esters (lactones) is 1. The number of hydrogen-bond donors (Lipinski definition) is 1. The summed E-state index contributed by atoms with van der Waals surface area (Å²) >= 11 is 0. The molecule has 0 saturated carbocycles. The zero-order valence-electron chi connectivity index (χ0n) is 13.8. The molecule has 0 aromatic heterocycles. The van der Waals surface area contributed by atoms with Crippen molar-refractivity contribution < 1.29 is 31.2 Å². The highest BCUT2D eigenvalue weighted by Crippen LogP contribution is 2.33. The third kappa shape index (κ3) is 3.31. The van der Waals surface area contributed by atoms with Crippen LogP contribution in [0.25, 0.3) is 0 Å². The molecule has 0 aromatic carbocycles. The van der Waals surface area contributed by atoms with Gasteiger partial charge in [-0.2, -0.15) is 13.5 Å². The van der Waals surface area contributed by atoms with Crippen molar-refractivity contribution in [2.24, 2.45) is 11.1 Å². The Hall–Kier alpha value is -1.85. The van der Waals surface area contributed by atoms with Crippen LogP contribution in [-0.2, 0) is 28.4 Å². The van der Waals surface area contributed by atoms with Gasteiger partial charge in [0.1, 0.15) is 0 Å². The topological polar surface area (TPSA) is 128 Å². The van der Waals surface area contributed by atoms with E-state index in [4.69, 9.17) is 18.9 Å². The third-order valence-electron chi connectivity index (χ3n) is 4.82. The number of carbonyl (C=O) groups excluding carboxylic acids is 2. The molecule has 3 fully saturated rings. The van der Waals surface area contributed by atoms with Crippen LogP contribution in [0, 0.1) is 5.41 Å². The van der Waals surface area contributed by atoms with Crippen LogP contribution in [0.4, 0.5) is 4.79 Å². The van der Waals surface area contributed by atoms with E-state index in [1.54, 1.807) is 6.92 Å². The van der Waals surface area contributed by atoms with Crippen molar-refractivity contribution in [3.63, 3.8) is 0 Å². The van der Waals surface area contributed by atoms with Crippen molar-refractivity contribution >= 4 is 22.4 Å². The number of nitrogens with two attached hydrogens (primary N) is 1. The first-order valence-electron chi connectivity index (χ1n) is 7.93. The molecule has 25 heavy (non-hydrogen) atoms. The maximum absolute atomic E-state index is 12.4. The summed E-state index contributed by atoms with van der Waals surface area (Å²) in [5, 5.41) is 0.799. The van der Waals surface area contributed by atoms with Gasteiger partial charge in [0.25, 0.3) is 0 Å². The van der Waals surface area contributed by atoms with E-state index in [0.717, 1.165) is 5.06 Å². The van der Waals surface area contributed by atoms with E-state index in [-0.39, 0.29) is 12.6 Å². The van der Waals surface area contributed by atoms with E-state index in [1.165, 1.54) is 4.90 Å². The van der Waals surface area contributed by atoms with Gasteiger partial charge >= 0.3 is 22.4 Å². The molecule has 1 unspecified atom stereocenters. The molecular weight excluding hydrogens is 354 g/mol. The fourth-order valence-corrected chi connectivity index (χ4v) is 4.04. The largest absolute Gasteiger partial charge is 0.465 e. The van der Waals surface area contributed by atoms with Crippen LogP contribution in [0.1, 0.15) is 26.2 Å². The van der Waals surface area contributed by atoms with E-state index < -0.39 is 40.5 Å². The monoisotopic (exact) mass is 375 g/mol. The number of carbonyl (C=O) groups is 2. The number of hydrogen-bond acceptors (Lipinski definition) is 8. The van der Waals surface area contributed by atoms with E-state index in [9.17, 15) is 18.0 Å². The normalized spacial score (nSPS) is 32.2. The maximum atomic E-state index is 12.4. The van der Waals surface area contributed by atoms with Gasteiger partial charge in [0.15, 0.2) is 0 Å². The standard InChI is InChI=1S/C14H21N3O7S/c1-9(15)11-4-3-10-7-16(11)13(19)17(10)24-25(20,21)23-8-14(2)5-6-22-12(14)18/h10-11H,1,3-8,15H2,2H3/t10-,11+,14?/m1/s1. The van der Waals surface area contributed by atoms with Gasteiger partial charge in [0.05, 0.1) is 30.7 Å². The Morgan fingerprint density at radius 1 is 1.44 bits per heavy atom. The molecule has 3 atom stereocenters. The van der Waals surface area contributed by atoms with Crippen LogP contribution >= 0.6 is 0 Å². The summed E-state index contributed by atoms with van der Waals surface area (Å²) in [4.78, 5) is 25.5. The van der Waals surface area contributed by atoms with Gasteiger partial charge in [-0.15, -0.1) is 4.28 Å². The minimum absolute atomic E-state index is 0.214. The second-order valence-electron chi connectivity index (χ2n) is 6.77. The van der Waals surface area contributed by atoms with Gasteiger partial charge in [-0.25, -0.2) is 8.98 Å². The van der Waals surface area contributed by atoms with Crippen LogP contribution in [0.15, 0.2) is 12.3 Å². The fourth-order valence-electron chi connectivity index (χ4n) is 3.21. The van der Waals surface area contributed by atoms with E-state index in [1.807, 2.05) is 0 Å². The van der Waals surface area contributed by atoms with Crippen LogP contribution in [0.2, 0.25) is 0 Å². The Kier molecular flexibility index (Phi) is 4.41. The third-order valence-corrected chi connectivity index (χ3v) is 5.57. The molecule has 0 aromatic rings. The zero-order valence-corrected chi connectivity index (χ0v) is 14.7. The van der Waals surface area contributed by atoms with Crippen molar-refractivity contribution in [2.75, 3.05) is 19.8 Å². The van der Waals surface area contributed by atoms with E-state index in [2.05, 4.69) is 6.58 Å². The van der Waals surface area contributed by atoms with Gasteiger partial charge < -0.3 is 15.4 Å². The fraction of sp³-hybridized carbons (Fsp3) is 0.714. The Labute approximate surface area is 145 Å². The molecule has 10 nitrogen and oxygen atoms in total. The molecule has 0 aliphatic carbocycles. The highest BCUT2D eigenvalue weighted by molar-refractivity contribution is 7.81. The van der Waals surface area contributed by atoms with E-state index >= 15 is 0 Å². The summed E-state index contributed by atoms with van der Waals surface area (Å²) in [5.41, 5.74) is 5.00. The Bertz CT molecular complexity index is 709. The number of amides is 2. The number of piperidine rings is 1. The summed E-state index contributed by atoms with van der Waals surface area (Å²) in [6.45, 7) is 5.32. The lowest BCUT2D eigenvalue weighted by molar-refractivity contribution is -0.146. The van der Waals surface area contributed by atoms with Crippen LogP contribution in [0.5, 0.6) is 0 Å². The van der Waals surface area contributed by atoms with Gasteiger partial charge in [-0.3, -0.25) is 4.79 Å². The van der Waals surface area contributed by atoms with Crippen LogP contribution in [-0.4, -0.2) is 62.2 Å². The summed E-state index contributed by atoms with van der Waals surface area (Å²) in [7, 11) is -4.51. The highest BCUT2D eigenvalue weighted by atomic mass is 32.3. The van der Waals surface area contributed by atoms with Crippen molar-refractivity contribution in [2.45, 2.75) is 38.3 Å². The number of hydroxylamine groups is 2. The van der Waals surface area contributed by atoms with Crippen molar-refractivity contribution in [1.29, 1.82) is 0 Å². The predicted octanol–water partition coefficient (Wildman–Crippen LogP) is -0.126. The molecule has 2 bridgehead atoms. The summed E-state index contributed by atoms with van der Waals surface area (Å²) in [5.74, 6) is -0.522. The summed E-state index contributed by atoms with van der Waals surface area (Å²) in [6, 6.07) is -1.35. The average Bonchev–Trinajstić information content (AvgIpc) is 2.99. The lowest BCUT2D eigenvalue weighted by Gasteiger charge is -2.30.